The standard InChI is InChI=1S/C16H19ClN2O2/c1-2-9-18-14(20)16(7-8-16)15(21)19-10-6-12-4-3-5-13(17)11-12/h2-5,11H,1,6-10H2,(H,18,20)(H,19,21). The second kappa shape index (κ2) is 6.76. The van der Waals surface area contributed by atoms with Gasteiger partial charge >= 0.3 is 0 Å². The fourth-order valence-electron chi connectivity index (χ4n) is 2.20. The van der Waals surface area contributed by atoms with Gasteiger partial charge in [0.15, 0.2) is 0 Å². The van der Waals surface area contributed by atoms with Crippen molar-refractivity contribution in [3.63, 3.8) is 0 Å². The van der Waals surface area contributed by atoms with Crippen molar-refractivity contribution in [2.24, 2.45) is 5.41 Å². The molecule has 0 aliphatic heterocycles. The maximum absolute atomic E-state index is 12.2. The van der Waals surface area contributed by atoms with Gasteiger partial charge in [0, 0.05) is 18.1 Å². The van der Waals surface area contributed by atoms with E-state index in [1.165, 1.54) is 0 Å². The highest BCUT2D eigenvalue weighted by Crippen LogP contribution is 2.46. The summed E-state index contributed by atoms with van der Waals surface area (Å²) in [5.74, 6) is -0.395. The summed E-state index contributed by atoms with van der Waals surface area (Å²) < 4.78 is 0. The van der Waals surface area contributed by atoms with E-state index >= 15 is 0 Å². The first-order chi connectivity index (χ1) is 10.1. The lowest BCUT2D eigenvalue weighted by Crippen LogP contribution is -2.43. The topological polar surface area (TPSA) is 58.2 Å². The summed E-state index contributed by atoms with van der Waals surface area (Å²) in [6.07, 6.45) is 3.51. The first-order valence-corrected chi connectivity index (χ1v) is 7.38. The number of carbonyl (C=O) groups is 2. The summed E-state index contributed by atoms with van der Waals surface area (Å²) in [5, 5.41) is 6.22. The van der Waals surface area contributed by atoms with E-state index in [2.05, 4.69) is 17.2 Å². The Hall–Kier alpha value is -1.81. The van der Waals surface area contributed by atoms with Crippen LogP contribution in [0.25, 0.3) is 0 Å². The fourth-order valence-corrected chi connectivity index (χ4v) is 2.41. The SMILES string of the molecule is C=CCNC(=O)C1(C(=O)NCCc2cccc(Cl)c2)CC1. The highest BCUT2D eigenvalue weighted by atomic mass is 35.5. The van der Waals surface area contributed by atoms with E-state index in [4.69, 9.17) is 11.6 Å². The molecule has 4 nitrogen and oxygen atoms in total. The lowest BCUT2D eigenvalue weighted by molar-refractivity contribution is -0.137. The normalized spacial score (nSPS) is 15.1. The van der Waals surface area contributed by atoms with Gasteiger partial charge in [-0.25, -0.2) is 0 Å². The Labute approximate surface area is 129 Å². The monoisotopic (exact) mass is 306 g/mol. The van der Waals surface area contributed by atoms with E-state index in [9.17, 15) is 9.59 Å². The van der Waals surface area contributed by atoms with Gasteiger partial charge in [-0.15, -0.1) is 6.58 Å². The van der Waals surface area contributed by atoms with Crippen molar-refractivity contribution in [3.05, 3.63) is 47.5 Å². The van der Waals surface area contributed by atoms with Crippen molar-refractivity contribution in [3.8, 4) is 0 Å². The third-order valence-electron chi connectivity index (χ3n) is 3.61. The minimum atomic E-state index is -0.864. The maximum atomic E-state index is 12.2. The van der Waals surface area contributed by atoms with Crippen molar-refractivity contribution in [1.29, 1.82) is 0 Å². The molecule has 1 aromatic carbocycles. The van der Waals surface area contributed by atoms with Gasteiger partial charge in [0.05, 0.1) is 0 Å². The van der Waals surface area contributed by atoms with Crippen molar-refractivity contribution in [2.75, 3.05) is 13.1 Å². The predicted octanol–water partition coefficient (Wildman–Crippen LogP) is 2.08. The summed E-state index contributed by atoms with van der Waals surface area (Å²) >= 11 is 5.91. The Bertz CT molecular complexity index is 553. The average molecular weight is 307 g/mol. The summed E-state index contributed by atoms with van der Waals surface area (Å²) in [5.41, 5.74) is 0.195. The molecule has 0 atom stereocenters. The molecule has 1 aliphatic rings. The largest absolute Gasteiger partial charge is 0.355 e. The quantitative estimate of drug-likeness (QED) is 0.598. The van der Waals surface area contributed by atoms with Crippen molar-refractivity contribution in [2.45, 2.75) is 19.3 Å². The minimum Gasteiger partial charge on any atom is -0.355 e. The molecule has 0 spiro atoms. The lowest BCUT2D eigenvalue weighted by atomic mass is 10.0. The van der Waals surface area contributed by atoms with Crippen LogP contribution in [0.2, 0.25) is 5.02 Å². The van der Waals surface area contributed by atoms with Crippen LogP contribution in [0.3, 0.4) is 0 Å². The molecule has 2 amide bonds. The first kappa shape index (κ1) is 15.6. The number of hydrogen-bond acceptors (Lipinski definition) is 2. The molecule has 0 aromatic heterocycles. The summed E-state index contributed by atoms with van der Waals surface area (Å²) in [4.78, 5) is 24.1. The van der Waals surface area contributed by atoms with E-state index in [0.29, 0.717) is 37.4 Å². The number of halogens is 1. The smallest absolute Gasteiger partial charge is 0.235 e. The van der Waals surface area contributed by atoms with Crippen LogP contribution in [0.15, 0.2) is 36.9 Å². The zero-order valence-corrected chi connectivity index (χ0v) is 12.6. The molecule has 1 saturated carbocycles. The van der Waals surface area contributed by atoms with Crippen LogP contribution in [0, 0.1) is 5.41 Å². The molecule has 21 heavy (non-hydrogen) atoms. The minimum absolute atomic E-state index is 0.189. The Morgan fingerprint density at radius 3 is 2.62 bits per heavy atom. The van der Waals surface area contributed by atoms with Gasteiger partial charge in [-0.2, -0.15) is 0 Å². The Morgan fingerprint density at radius 1 is 1.29 bits per heavy atom. The number of amides is 2. The Balaban J connectivity index is 1.82. The van der Waals surface area contributed by atoms with E-state index < -0.39 is 5.41 Å². The summed E-state index contributed by atoms with van der Waals surface area (Å²) in [6.45, 7) is 4.43. The number of hydrogen-bond donors (Lipinski definition) is 2. The molecule has 1 fully saturated rings. The molecule has 0 heterocycles. The van der Waals surface area contributed by atoms with Crippen LogP contribution < -0.4 is 10.6 Å². The Kier molecular flexibility index (Phi) is 5.02. The van der Waals surface area contributed by atoms with Gasteiger partial charge in [-0.05, 0) is 37.0 Å². The highest BCUT2D eigenvalue weighted by molar-refractivity contribution is 6.30. The molecule has 0 bridgehead atoms. The van der Waals surface area contributed by atoms with Crippen molar-refractivity contribution in [1.82, 2.24) is 10.6 Å². The molecular formula is C16H19ClN2O2. The van der Waals surface area contributed by atoms with E-state index in [1.54, 1.807) is 6.08 Å². The van der Waals surface area contributed by atoms with Gasteiger partial charge in [0.25, 0.3) is 0 Å². The molecule has 5 heteroatoms. The molecule has 1 aliphatic carbocycles. The second-order valence-corrected chi connectivity index (χ2v) is 5.65. The zero-order valence-electron chi connectivity index (χ0n) is 11.8. The van der Waals surface area contributed by atoms with Crippen LogP contribution >= 0.6 is 11.6 Å². The predicted molar refractivity (Wildman–Crippen MR) is 83.0 cm³/mol. The number of benzene rings is 1. The maximum Gasteiger partial charge on any atom is 0.235 e. The fraction of sp³-hybridized carbons (Fsp3) is 0.375. The number of carbonyl (C=O) groups excluding carboxylic acids is 2. The Morgan fingerprint density at radius 2 is 2.00 bits per heavy atom. The summed E-state index contributed by atoms with van der Waals surface area (Å²) in [6, 6.07) is 7.52. The van der Waals surface area contributed by atoms with Crippen LogP contribution in [-0.2, 0) is 16.0 Å². The van der Waals surface area contributed by atoms with E-state index in [0.717, 1.165) is 5.56 Å². The molecule has 2 rings (SSSR count). The number of nitrogens with one attached hydrogen (secondary N) is 2. The van der Waals surface area contributed by atoms with Crippen LogP contribution in [0.4, 0.5) is 0 Å². The van der Waals surface area contributed by atoms with E-state index in [-0.39, 0.29) is 11.8 Å². The third kappa shape index (κ3) is 3.85. The van der Waals surface area contributed by atoms with Gasteiger partial charge < -0.3 is 10.6 Å². The molecule has 0 unspecified atom stereocenters. The lowest BCUT2D eigenvalue weighted by Gasteiger charge is -2.14. The first-order valence-electron chi connectivity index (χ1n) is 7.00. The van der Waals surface area contributed by atoms with Gasteiger partial charge in [0.1, 0.15) is 5.41 Å². The molecule has 2 N–H and O–H groups in total. The van der Waals surface area contributed by atoms with Gasteiger partial charge in [0.2, 0.25) is 11.8 Å². The highest BCUT2D eigenvalue weighted by Gasteiger charge is 2.56. The molecule has 1 aromatic rings. The van der Waals surface area contributed by atoms with Crippen LogP contribution in [0.5, 0.6) is 0 Å². The van der Waals surface area contributed by atoms with Gasteiger partial charge in [-0.3, -0.25) is 9.59 Å². The van der Waals surface area contributed by atoms with Crippen LogP contribution in [0.1, 0.15) is 18.4 Å². The number of rotatable bonds is 7. The molecular weight excluding hydrogens is 288 g/mol. The third-order valence-corrected chi connectivity index (χ3v) is 3.85. The van der Waals surface area contributed by atoms with E-state index in [1.807, 2.05) is 24.3 Å². The van der Waals surface area contributed by atoms with Crippen LogP contribution in [-0.4, -0.2) is 24.9 Å². The van der Waals surface area contributed by atoms with Crippen molar-refractivity contribution < 1.29 is 9.59 Å². The molecule has 0 saturated heterocycles. The zero-order chi connectivity index (χ0) is 15.3. The molecule has 112 valence electrons. The molecule has 0 radical (unpaired) electrons. The average Bonchev–Trinajstić information content (AvgIpc) is 3.26. The van der Waals surface area contributed by atoms with Gasteiger partial charge in [-0.1, -0.05) is 29.8 Å². The second-order valence-electron chi connectivity index (χ2n) is 5.22. The van der Waals surface area contributed by atoms with Crippen molar-refractivity contribution >= 4 is 23.4 Å². The summed E-state index contributed by atoms with van der Waals surface area (Å²) in [7, 11) is 0.